The number of rotatable bonds is 4. The Labute approximate surface area is 90.9 Å². The van der Waals surface area contributed by atoms with Crippen molar-refractivity contribution in [3.63, 3.8) is 0 Å². The molecule has 0 bridgehead atoms. The van der Waals surface area contributed by atoms with E-state index >= 15 is 0 Å². The van der Waals surface area contributed by atoms with Gasteiger partial charge in [-0.15, -0.1) is 0 Å². The van der Waals surface area contributed by atoms with Crippen LogP contribution in [0.3, 0.4) is 0 Å². The van der Waals surface area contributed by atoms with Gasteiger partial charge in [-0.05, 0) is 12.8 Å². The van der Waals surface area contributed by atoms with Gasteiger partial charge in [-0.1, -0.05) is 13.8 Å². The fourth-order valence-electron chi connectivity index (χ4n) is 1.52. The van der Waals surface area contributed by atoms with Gasteiger partial charge in [0.1, 0.15) is 11.5 Å². The topological polar surface area (TPSA) is 60.4 Å². The predicted octanol–water partition coefficient (Wildman–Crippen LogP) is 0.805. The lowest BCUT2D eigenvalue weighted by Gasteiger charge is -2.22. The third-order valence-corrected chi connectivity index (χ3v) is 4.84. The quantitative estimate of drug-likeness (QED) is 0.722. The minimum Gasteiger partial charge on any atom is -0.381 e. The molecule has 0 aromatic carbocycles. The Morgan fingerprint density at radius 3 is 2.33 bits per heavy atom. The maximum absolute atomic E-state index is 11.8. The first kappa shape index (κ1) is 12.6. The van der Waals surface area contributed by atoms with Crippen molar-refractivity contribution in [2.75, 3.05) is 19.0 Å². The third-order valence-electron chi connectivity index (χ3n) is 2.66. The lowest BCUT2D eigenvalue weighted by Crippen LogP contribution is -2.34. The summed E-state index contributed by atoms with van der Waals surface area (Å²) in [6.45, 7) is 4.42. The molecule has 0 aromatic heterocycles. The molecule has 0 aromatic rings. The van der Waals surface area contributed by atoms with Crippen molar-refractivity contribution in [1.29, 1.82) is 0 Å². The number of ketones is 1. The number of carbonyl (C=O) groups excluding carboxylic acids is 1. The van der Waals surface area contributed by atoms with E-state index in [9.17, 15) is 13.2 Å². The Morgan fingerprint density at radius 1 is 1.33 bits per heavy atom. The highest BCUT2D eigenvalue weighted by molar-refractivity contribution is 7.92. The zero-order chi connectivity index (χ0) is 11.5. The van der Waals surface area contributed by atoms with Crippen molar-refractivity contribution in [2.45, 2.75) is 31.9 Å². The first-order valence-corrected chi connectivity index (χ1v) is 6.97. The molecular formula is C10H18O4S. The molecule has 4 nitrogen and oxygen atoms in total. The Morgan fingerprint density at radius 2 is 1.87 bits per heavy atom. The van der Waals surface area contributed by atoms with Crippen molar-refractivity contribution < 1.29 is 17.9 Å². The van der Waals surface area contributed by atoms with Gasteiger partial charge < -0.3 is 4.74 Å². The smallest absolute Gasteiger partial charge is 0.160 e. The average Bonchev–Trinajstić information content (AvgIpc) is 2.18. The van der Waals surface area contributed by atoms with Crippen LogP contribution >= 0.6 is 0 Å². The van der Waals surface area contributed by atoms with Crippen LogP contribution in [0.1, 0.15) is 26.7 Å². The van der Waals surface area contributed by atoms with Gasteiger partial charge in [0.2, 0.25) is 0 Å². The van der Waals surface area contributed by atoms with Crippen LogP contribution in [-0.2, 0) is 19.4 Å². The van der Waals surface area contributed by atoms with Gasteiger partial charge in [0.25, 0.3) is 0 Å². The van der Waals surface area contributed by atoms with Crippen LogP contribution in [0.15, 0.2) is 0 Å². The van der Waals surface area contributed by atoms with E-state index in [0.717, 1.165) is 0 Å². The number of Topliss-reactive ketones (excluding diaryl/α,β-unsaturated/α-hetero) is 1. The second kappa shape index (κ2) is 5.07. The number of carbonyl (C=O) groups is 1. The van der Waals surface area contributed by atoms with Crippen molar-refractivity contribution in [1.82, 2.24) is 0 Å². The van der Waals surface area contributed by atoms with Gasteiger partial charge in [0.05, 0.1) is 5.25 Å². The van der Waals surface area contributed by atoms with Crippen LogP contribution in [0.4, 0.5) is 0 Å². The van der Waals surface area contributed by atoms with Crippen LogP contribution < -0.4 is 0 Å². The minimum absolute atomic E-state index is 0.193. The summed E-state index contributed by atoms with van der Waals surface area (Å²) in [5.74, 6) is -0.712. The number of sulfone groups is 1. The zero-order valence-electron chi connectivity index (χ0n) is 9.23. The largest absolute Gasteiger partial charge is 0.381 e. The summed E-state index contributed by atoms with van der Waals surface area (Å²) in [6.07, 6.45) is 1.04. The minimum atomic E-state index is -3.26. The Bertz CT molecular complexity index is 312. The van der Waals surface area contributed by atoms with Gasteiger partial charge in [0.15, 0.2) is 9.84 Å². The Balaban J connectivity index is 2.61. The van der Waals surface area contributed by atoms with E-state index in [1.807, 2.05) is 0 Å². The van der Waals surface area contributed by atoms with Crippen LogP contribution in [0.5, 0.6) is 0 Å². The Kier molecular flexibility index (Phi) is 4.28. The van der Waals surface area contributed by atoms with Gasteiger partial charge in [-0.25, -0.2) is 8.42 Å². The van der Waals surface area contributed by atoms with Gasteiger partial charge in [-0.2, -0.15) is 0 Å². The first-order chi connectivity index (χ1) is 6.93. The molecule has 0 unspecified atom stereocenters. The van der Waals surface area contributed by atoms with Gasteiger partial charge >= 0.3 is 0 Å². The molecule has 0 saturated carbocycles. The zero-order valence-corrected chi connectivity index (χ0v) is 10.0. The van der Waals surface area contributed by atoms with E-state index in [4.69, 9.17) is 4.74 Å². The molecule has 0 amide bonds. The fraction of sp³-hybridized carbons (Fsp3) is 0.900. The standard InChI is InChI=1S/C10H18O4S/c1-8(2)10(11)7-15(12,13)9-3-5-14-6-4-9/h8-9H,3-7H2,1-2H3. The fourth-order valence-corrected chi connectivity index (χ4v) is 3.39. The van der Waals surface area contributed by atoms with Gasteiger partial charge in [0, 0.05) is 19.1 Å². The van der Waals surface area contributed by atoms with Gasteiger partial charge in [-0.3, -0.25) is 4.79 Å². The molecule has 88 valence electrons. The van der Waals surface area contributed by atoms with E-state index < -0.39 is 9.84 Å². The normalized spacial score (nSPS) is 19.4. The summed E-state index contributed by atoms with van der Waals surface area (Å²) in [5.41, 5.74) is 0. The molecule has 15 heavy (non-hydrogen) atoms. The molecule has 1 aliphatic heterocycles. The van der Waals surface area contributed by atoms with Crippen molar-refractivity contribution >= 4 is 15.6 Å². The summed E-state index contributed by atoms with van der Waals surface area (Å²) in [6, 6.07) is 0. The second-order valence-corrected chi connectivity index (χ2v) is 6.52. The lowest BCUT2D eigenvalue weighted by molar-refractivity contribution is -0.119. The summed E-state index contributed by atoms with van der Waals surface area (Å²) in [4.78, 5) is 11.4. The molecule has 1 heterocycles. The number of hydrogen-bond donors (Lipinski definition) is 0. The molecule has 0 atom stereocenters. The highest BCUT2D eigenvalue weighted by Crippen LogP contribution is 2.17. The number of ether oxygens (including phenoxy) is 1. The molecular weight excluding hydrogens is 216 g/mol. The highest BCUT2D eigenvalue weighted by Gasteiger charge is 2.30. The molecule has 0 radical (unpaired) electrons. The molecule has 1 rings (SSSR count). The molecule has 0 N–H and O–H groups in total. The maximum Gasteiger partial charge on any atom is 0.160 e. The van der Waals surface area contributed by atoms with E-state index in [1.165, 1.54) is 0 Å². The van der Waals surface area contributed by atoms with E-state index in [2.05, 4.69) is 0 Å². The molecule has 1 fully saturated rings. The average molecular weight is 234 g/mol. The SMILES string of the molecule is CC(C)C(=O)CS(=O)(=O)C1CCOCC1. The Hall–Kier alpha value is -0.420. The second-order valence-electron chi connectivity index (χ2n) is 4.24. The molecule has 0 spiro atoms. The van der Waals surface area contributed by atoms with Crippen LogP contribution in [0, 0.1) is 5.92 Å². The number of hydrogen-bond acceptors (Lipinski definition) is 4. The monoisotopic (exact) mass is 234 g/mol. The summed E-state index contributed by atoms with van der Waals surface area (Å²) in [7, 11) is -3.26. The van der Waals surface area contributed by atoms with Crippen molar-refractivity contribution in [3.8, 4) is 0 Å². The maximum atomic E-state index is 11.8. The molecule has 5 heteroatoms. The van der Waals surface area contributed by atoms with Crippen molar-refractivity contribution in [3.05, 3.63) is 0 Å². The summed E-state index contributed by atoms with van der Waals surface area (Å²) in [5, 5.41) is -0.381. The van der Waals surface area contributed by atoms with Crippen LogP contribution in [0.2, 0.25) is 0 Å². The first-order valence-electron chi connectivity index (χ1n) is 5.25. The van der Waals surface area contributed by atoms with E-state index in [1.54, 1.807) is 13.8 Å². The summed E-state index contributed by atoms with van der Waals surface area (Å²) < 4.78 is 28.7. The van der Waals surface area contributed by atoms with Crippen molar-refractivity contribution in [2.24, 2.45) is 5.92 Å². The van der Waals surface area contributed by atoms with E-state index in [-0.39, 0.29) is 22.7 Å². The molecule has 0 aliphatic carbocycles. The molecule has 1 aliphatic rings. The van der Waals surface area contributed by atoms with Crippen LogP contribution in [0.25, 0.3) is 0 Å². The highest BCUT2D eigenvalue weighted by atomic mass is 32.2. The third kappa shape index (κ3) is 3.57. The summed E-state index contributed by atoms with van der Waals surface area (Å²) >= 11 is 0. The molecule has 1 saturated heterocycles. The van der Waals surface area contributed by atoms with Crippen LogP contribution in [-0.4, -0.2) is 38.4 Å². The van der Waals surface area contributed by atoms with E-state index in [0.29, 0.717) is 26.1 Å². The lowest BCUT2D eigenvalue weighted by atomic mass is 10.1. The predicted molar refractivity (Wildman–Crippen MR) is 57.5 cm³/mol.